The highest BCUT2D eigenvalue weighted by molar-refractivity contribution is 7.10. The van der Waals surface area contributed by atoms with Gasteiger partial charge in [-0.05, 0) is 30.3 Å². The van der Waals surface area contributed by atoms with Gasteiger partial charge in [-0.25, -0.2) is 0 Å². The Hall–Kier alpha value is -0.770. The molecule has 1 saturated carbocycles. The number of hydrogen-bond acceptors (Lipinski definition) is 4. The van der Waals surface area contributed by atoms with Gasteiger partial charge in [0.1, 0.15) is 10.8 Å². The van der Waals surface area contributed by atoms with E-state index in [1.54, 1.807) is 0 Å². The lowest BCUT2D eigenvalue weighted by molar-refractivity contribution is 0.557. The second-order valence-electron chi connectivity index (χ2n) is 3.78. The summed E-state index contributed by atoms with van der Waals surface area (Å²) in [5.74, 6) is 1.40. The van der Waals surface area contributed by atoms with Crippen LogP contribution in [0.25, 0.3) is 0 Å². The van der Waals surface area contributed by atoms with Crippen molar-refractivity contribution < 1.29 is 0 Å². The molecule has 4 heteroatoms. The molecule has 1 fully saturated rings. The number of rotatable bonds is 2. The van der Waals surface area contributed by atoms with Gasteiger partial charge < -0.3 is 11.1 Å². The van der Waals surface area contributed by atoms with Crippen LogP contribution in [0.3, 0.4) is 0 Å². The first-order chi connectivity index (χ1) is 6.25. The molecule has 72 valence electrons. The first-order valence-electron chi connectivity index (χ1n) is 4.74. The van der Waals surface area contributed by atoms with Crippen LogP contribution >= 0.6 is 11.5 Å². The van der Waals surface area contributed by atoms with Crippen molar-refractivity contribution in [2.45, 2.75) is 32.2 Å². The minimum absolute atomic E-state index is 0.623. The largest absolute Gasteiger partial charge is 0.383 e. The van der Waals surface area contributed by atoms with E-state index in [1.165, 1.54) is 30.8 Å². The van der Waals surface area contributed by atoms with Crippen molar-refractivity contribution in [3.8, 4) is 0 Å². The molecule has 0 spiro atoms. The van der Waals surface area contributed by atoms with E-state index < -0.39 is 0 Å². The third-order valence-electron chi connectivity index (χ3n) is 2.72. The molecule has 2 rings (SSSR count). The number of aromatic nitrogens is 1. The monoisotopic (exact) mass is 197 g/mol. The topological polar surface area (TPSA) is 50.9 Å². The van der Waals surface area contributed by atoms with Gasteiger partial charge >= 0.3 is 0 Å². The molecule has 0 saturated heterocycles. The molecule has 1 aliphatic rings. The Morgan fingerprint density at radius 3 is 3.00 bits per heavy atom. The molecule has 1 aliphatic carbocycles. The van der Waals surface area contributed by atoms with Crippen LogP contribution in [0.4, 0.5) is 10.8 Å². The summed E-state index contributed by atoms with van der Waals surface area (Å²) in [7, 11) is 0. The van der Waals surface area contributed by atoms with E-state index in [9.17, 15) is 0 Å². The molecule has 13 heavy (non-hydrogen) atoms. The first-order valence-corrected chi connectivity index (χ1v) is 5.52. The Morgan fingerprint density at radius 1 is 1.62 bits per heavy atom. The van der Waals surface area contributed by atoms with Gasteiger partial charge in [-0.1, -0.05) is 13.3 Å². The molecule has 0 aromatic carbocycles. The van der Waals surface area contributed by atoms with Gasteiger partial charge in [-0.15, -0.1) is 0 Å². The smallest absolute Gasteiger partial charge is 0.139 e. The first kappa shape index (κ1) is 8.81. The van der Waals surface area contributed by atoms with E-state index in [-0.39, 0.29) is 0 Å². The Kier molecular flexibility index (Phi) is 2.40. The Labute approximate surface area is 82.5 Å². The molecule has 3 N–H and O–H groups in total. The molecule has 3 nitrogen and oxygen atoms in total. The normalized spacial score (nSPS) is 27.8. The molecule has 0 amide bonds. The number of nitrogens with two attached hydrogens (primary N) is 1. The molecular formula is C9H15N3S. The lowest BCUT2D eigenvalue weighted by Crippen LogP contribution is -2.20. The van der Waals surface area contributed by atoms with E-state index in [0.29, 0.717) is 11.9 Å². The van der Waals surface area contributed by atoms with Gasteiger partial charge in [0.2, 0.25) is 0 Å². The second kappa shape index (κ2) is 3.54. The molecule has 2 unspecified atom stereocenters. The minimum atomic E-state index is 0.623. The van der Waals surface area contributed by atoms with Crippen molar-refractivity contribution in [2.24, 2.45) is 5.92 Å². The van der Waals surface area contributed by atoms with E-state index in [2.05, 4.69) is 16.6 Å². The predicted octanol–water partition coefficient (Wildman–Crippen LogP) is 2.33. The third-order valence-corrected chi connectivity index (χ3v) is 3.45. The standard InChI is InChI=1S/C9H15N3S/c1-6-3-2-4-7(6)11-9-5-8(10)12-13-9/h5-7,11H,2-4H2,1H3,(H2,10,12). The molecular weight excluding hydrogens is 182 g/mol. The summed E-state index contributed by atoms with van der Waals surface area (Å²) in [5, 5.41) is 4.60. The quantitative estimate of drug-likeness (QED) is 0.765. The Balaban J connectivity index is 1.97. The van der Waals surface area contributed by atoms with Crippen molar-refractivity contribution >= 4 is 22.4 Å². The van der Waals surface area contributed by atoms with Crippen LogP contribution in [-0.4, -0.2) is 10.4 Å². The summed E-state index contributed by atoms with van der Waals surface area (Å²) < 4.78 is 4.04. The second-order valence-corrected chi connectivity index (χ2v) is 4.58. The molecule has 1 aromatic heterocycles. The Morgan fingerprint density at radius 2 is 2.46 bits per heavy atom. The summed E-state index contributed by atoms with van der Waals surface area (Å²) in [6.45, 7) is 2.30. The third kappa shape index (κ3) is 1.94. The van der Waals surface area contributed by atoms with Gasteiger partial charge in [0.15, 0.2) is 0 Å². The zero-order chi connectivity index (χ0) is 9.26. The summed E-state index contributed by atoms with van der Waals surface area (Å²) in [4.78, 5) is 0. The van der Waals surface area contributed by atoms with Crippen LogP contribution in [0.1, 0.15) is 26.2 Å². The van der Waals surface area contributed by atoms with Crippen LogP contribution in [0.2, 0.25) is 0 Å². The van der Waals surface area contributed by atoms with Crippen molar-refractivity contribution in [2.75, 3.05) is 11.1 Å². The average molecular weight is 197 g/mol. The number of hydrogen-bond donors (Lipinski definition) is 2. The van der Waals surface area contributed by atoms with E-state index in [1.807, 2.05) is 6.07 Å². The van der Waals surface area contributed by atoms with Crippen molar-refractivity contribution in [3.05, 3.63) is 6.07 Å². The van der Waals surface area contributed by atoms with Crippen LogP contribution in [-0.2, 0) is 0 Å². The maximum Gasteiger partial charge on any atom is 0.139 e. The number of anilines is 2. The average Bonchev–Trinajstić information content (AvgIpc) is 2.64. The lowest BCUT2D eigenvalue weighted by atomic mass is 10.1. The van der Waals surface area contributed by atoms with Crippen LogP contribution in [0, 0.1) is 5.92 Å². The molecule has 0 aliphatic heterocycles. The number of nitrogens with one attached hydrogen (secondary N) is 1. The van der Waals surface area contributed by atoms with Crippen molar-refractivity contribution in [3.63, 3.8) is 0 Å². The SMILES string of the molecule is CC1CCCC1Nc1cc(N)ns1. The molecule has 2 atom stereocenters. The van der Waals surface area contributed by atoms with Crippen molar-refractivity contribution in [1.82, 2.24) is 4.37 Å². The highest BCUT2D eigenvalue weighted by Crippen LogP contribution is 2.29. The summed E-state index contributed by atoms with van der Waals surface area (Å²) in [6, 6.07) is 2.54. The van der Waals surface area contributed by atoms with Crippen LogP contribution in [0.5, 0.6) is 0 Å². The van der Waals surface area contributed by atoms with Gasteiger partial charge in [-0.2, -0.15) is 4.37 Å². The number of nitrogens with zero attached hydrogens (tertiary/aromatic N) is 1. The summed E-state index contributed by atoms with van der Waals surface area (Å²) in [5.41, 5.74) is 5.55. The maximum absolute atomic E-state index is 5.55. The number of nitrogen functional groups attached to an aromatic ring is 1. The van der Waals surface area contributed by atoms with Gasteiger partial charge in [-0.3, -0.25) is 0 Å². The van der Waals surface area contributed by atoms with E-state index in [4.69, 9.17) is 5.73 Å². The van der Waals surface area contributed by atoms with Gasteiger partial charge in [0.25, 0.3) is 0 Å². The Bertz CT molecular complexity index is 284. The highest BCUT2D eigenvalue weighted by Gasteiger charge is 2.23. The predicted molar refractivity (Wildman–Crippen MR) is 57.0 cm³/mol. The van der Waals surface area contributed by atoms with Gasteiger partial charge in [0, 0.05) is 12.1 Å². The van der Waals surface area contributed by atoms with Gasteiger partial charge in [0.05, 0.1) is 0 Å². The summed E-state index contributed by atoms with van der Waals surface area (Å²) in [6.07, 6.45) is 3.96. The maximum atomic E-state index is 5.55. The lowest BCUT2D eigenvalue weighted by Gasteiger charge is -2.16. The van der Waals surface area contributed by atoms with Crippen LogP contribution < -0.4 is 11.1 Å². The molecule has 0 radical (unpaired) electrons. The fourth-order valence-corrected chi connectivity index (χ4v) is 2.53. The summed E-state index contributed by atoms with van der Waals surface area (Å²) >= 11 is 1.45. The minimum Gasteiger partial charge on any atom is -0.383 e. The molecule has 1 aromatic rings. The van der Waals surface area contributed by atoms with E-state index in [0.717, 1.165) is 10.9 Å². The molecule has 1 heterocycles. The fraction of sp³-hybridized carbons (Fsp3) is 0.667. The fourth-order valence-electron chi connectivity index (χ4n) is 1.90. The zero-order valence-corrected chi connectivity index (χ0v) is 8.60. The zero-order valence-electron chi connectivity index (χ0n) is 7.79. The van der Waals surface area contributed by atoms with Crippen LogP contribution in [0.15, 0.2) is 6.07 Å². The van der Waals surface area contributed by atoms with E-state index >= 15 is 0 Å². The highest BCUT2D eigenvalue weighted by atomic mass is 32.1. The van der Waals surface area contributed by atoms with Crippen molar-refractivity contribution in [1.29, 1.82) is 0 Å². The molecule has 0 bridgehead atoms.